The summed E-state index contributed by atoms with van der Waals surface area (Å²) < 4.78 is 0. The van der Waals surface area contributed by atoms with Crippen molar-refractivity contribution < 1.29 is 9.59 Å². The first-order valence-electron chi connectivity index (χ1n) is 13.0. The molecule has 0 aromatic heterocycles. The maximum absolute atomic E-state index is 13.6. The van der Waals surface area contributed by atoms with Crippen LogP contribution in [0.5, 0.6) is 0 Å². The minimum atomic E-state index is -0.306. The number of nitrogens with one attached hydrogen (secondary N) is 2. The van der Waals surface area contributed by atoms with E-state index in [1.54, 1.807) is 36.4 Å². The van der Waals surface area contributed by atoms with Crippen LogP contribution in [-0.2, 0) is 0 Å². The summed E-state index contributed by atoms with van der Waals surface area (Å²) in [4.78, 5) is 30.4. The van der Waals surface area contributed by atoms with E-state index in [1.807, 2.05) is 35.2 Å². The lowest BCUT2D eigenvalue weighted by molar-refractivity contribution is 0.0598. The molecule has 0 unspecified atom stereocenters. The van der Waals surface area contributed by atoms with E-state index in [-0.39, 0.29) is 23.0 Å². The average molecular weight is 535 g/mol. The molecule has 2 amide bonds. The third-order valence-corrected chi connectivity index (χ3v) is 7.07. The summed E-state index contributed by atoms with van der Waals surface area (Å²) in [5.41, 5.74) is 4.07. The quantitative estimate of drug-likeness (QED) is 0.326. The van der Waals surface area contributed by atoms with Crippen molar-refractivity contribution >= 4 is 34.8 Å². The summed E-state index contributed by atoms with van der Waals surface area (Å²) in [5.74, 6) is -0.370. The summed E-state index contributed by atoms with van der Waals surface area (Å²) >= 11 is 5.38. The topological polar surface area (TPSA) is 64.7 Å². The molecule has 0 aliphatic carbocycles. The van der Waals surface area contributed by atoms with Gasteiger partial charge in [0, 0.05) is 31.7 Å². The molecule has 4 aromatic carbocycles. The predicted molar refractivity (Wildman–Crippen MR) is 159 cm³/mol. The highest BCUT2D eigenvalue weighted by atomic mass is 32.1. The van der Waals surface area contributed by atoms with Crippen molar-refractivity contribution in [2.24, 2.45) is 0 Å². The van der Waals surface area contributed by atoms with Crippen LogP contribution in [0.3, 0.4) is 0 Å². The van der Waals surface area contributed by atoms with Gasteiger partial charge in [0.2, 0.25) is 0 Å². The predicted octanol–water partition coefficient (Wildman–Crippen LogP) is 5.36. The summed E-state index contributed by atoms with van der Waals surface area (Å²) in [6.07, 6.45) is 0. The van der Waals surface area contributed by atoms with Gasteiger partial charge in [-0.25, -0.2) is 0 Å². The molecule has 39 heavy (non-hydrogen) atoms. The maximum atomic E-state index is 13.6. The number of hydrogen-bond acceptors (Lipinski definition) is 4. The van der Waals surface area contributed by atoms with Gasteiger partial charge >= 0.3 is 0 Å². The third kappa shape index (κ3) is 6.39. The molecule has 1 heterocycles. The minimum Gasteiger partial charge on any atom is -0.336 e. The standard InChI is InChI=1S/C32H30N4O2S/c37-30(26-16-8-3-9-17-26)34-32(39)33-28-19-11-10-18-27(28)31(38)36-22-20-35(21-23-36)29(24-12-4-1-5-13-24)25-14-6-2-7-15-25/h1-19,29H,20-23H2,(H2,33,34,37,39). The summed E-state index contributed by atoms with van der Waals surface area (Å²) in [6, 6.07) is 37.3. The summed E-state index contributed by atoms with van der Waals surface area (Å²) in [6.45, 7) is 2.72. The molecule has 1 aliphatic rings. The molecule has 4 aromatic rings. The van der Waals surface area contributed by atoms with Gasteiger partial charge < -0.3 is 10.2 Å². The third-order valence-electron chi connectivity index (χ3n) is 6.87. The van der Waals surface area contributed by atoms with Crippen molar-refractivity contribution in [1.82, 2.24) is 15.1 Å². The van der Waals surface area contributed by atoms with Gasteiger partial charge in [0.15, 0.2) is 5.11 Å². The Hall–Kier alpha value is -4.33. The Labute approximate surface area is 234 Å². The monoisotopic (exact) mass is 534 g/mol. The average Bonchev–Trinajstić information content (AvgIpc) is 2.99. The highest BCUT2D eigenvalue weighted by Crippen LogP contribution is 2.30. The van der Waals surface area contributed by atoms with Gasteiger partial charge in [0.1, 0.15) is 0 Å². The van der Waals surface area contributed by atoms with E-state index in [4.69, 9.17) is 12.2 Å². The largest absolute Gasteiger partial charge is 0.336 e. The molecular formula is C32H30N4O2S. The molecule has 2 N–H and O–H groups in total. The zero-order valence-electron chi connectivity index (χ0n) is 21.5. The van der Waals surface area contributed by atoms with Crippen molar-refractivity contribution in [3.8, 4) is 0 Å². The first-order valence-corrected chi connectivity index (χ1v) is 13.4. The zero-order chi connectivity index (χ0) is 27.0. The van der Waals surface area contributed by atoms with Crippen molar-refractivity contribution in [3.05, 3.63) is 138 Å². The van der Waals surface area contributed by atoms with E-state index in [1.165, 1.54) is 11.1 Å². The number of benzene rings is 4. The summed E-state index contributed by atoms with van der Waals surface area (Å²) in [5, 5.41) is 5.87. The SMILES string of the molecule is O=C(NC(=S)Nc1ccccc1C(=O)N1CCN(C(c2ccccc2)c2ccccc2)CC1)c1ccccc1. The zero-order valence-corrected chi connectivity index (χ0v) is 22.3. The Morgan fingerprint density at radius 3 is 1.77 bits per heavy atom. The molecular weight excluding hydrogens is 504 g/mol. The van der Waals surface area contributed by atoms with E-state index < -0.39 is 0 Å². The fraction of sp³-hybridized carbons (Fsp3) is 0.156. The van der Waals surface area contributed by atoms with E-state index in [2.05, 4.69) is 64.1 Å². The molecule has 1 aliphatic heterocycles. The molecule has 0 radical (unpaired) electrons. The Balaban J connectivity index is 1.25. The lowest BCUT2D eigenvalue weighted by Crippen LogP contribution is -2.50. The van der Waals surface area contributed by atoms with Crippen LogP contribution in [0.2, 0.25) is 0 Å². The number of carbonyl (C=O) groups is 2. The molecule has 0 spiro atoms. The smallest absolute Gasteiger partial charge is 0.257 e. The highest BCUT2D eigenvalue weighted by molar-refractivity contribution is 7.80. The fourth-order valence-corrected chi connectivity index (χ4v) is 5.14. The number of hydrogen-bond donors (Lipinski definition) is 2. The molecule has 5 rings (SSSR count). The number of amides is 2. The number of anilines is 1. The van der Waals surface area contributed by atoms with Crippen molar-refractivity contribution in [2.75, 3.05) is 31.5 Å². The van der Waals surface area contributed by atoms with Gasteiger partial charge in [-0.15, -0.1) is 0 Å². The van der Waals surface area contributed by atoms with E-state index in [9.17, 15) is 9.59 Å². The number of nitrogens with zero attached hydrogens (tertiary/aromatic N) is 2. The van der Waals surface area contributed by atoms with Crippen LogP contribution in [-0.4, -0.2) is 52.9 Å². The Bertz CT molecular complexity index is 1380. The number of para-hydroxylation sites is 1. The maximum Gasteiger partial charge on any atom is 0.257 e. The van der Waals surface area contributed by atoms with Gasteiger partial charge in [-0.2, -0.15) is 0 Å². The molecule has 0 saturated carbocycles. The van der Waals surface area contributed by atoms with Gasteiger partial charge in [0.05, 0.1) is 17.3 Å². The number of rotatable bonds is 6. The van der Waals surface area contributed by atoms with Crippen molar-refractivity contribution in [3.63, 3.8) is 0 Å². The Morgan fingerprint density at radius 1 is 0.667 bits per heavy atom. The molecule has 7 heteroatoms. The Morgan fingerprint density at radius 2 is 1.18 bits per heavy atom. The van der Waals surface area contributed by atoms with Crippen LogP contribution < -0.4 is 10.6 Å². The fourth-order valence-electron chi connectivity index (χ4n) is 4.94. The van der Waals surface area contributed by atoms with Crippen LogP contribution in [0.4, 0.5) is 5.69 Å². The minimum absolute atomic E-state index is 0.0640. The molecule has 0 atom stereocenters. The molecule has 1 fully saturated rings. The first-order chi connectivity index (χ1) is 19.1. The van der Waals surface area contributed by atoms with Crippen LogP contribution in [0.15, 0.2) is 115 Å². The lowest BCUT2D eigenvalue weighted by Gasteiger charge is -2.40. The van der Waals surface area contributed by atoms with Gasteiger partial charge in [-0.1, -0.05) is 91.0 Å². The normalized spacial score (nSPS) is 13.6. The van der Waals surface area contributed by atoms with Crippen LogP contribution in [0.25, 0.3) is 0 Å². The second-order valence-electron chi connectivity index (χ2n) is 9.37. The Kier molecular flexibility index (Phi) is 8.41. The number of thiocarbonyl (C=S) groups is 1. The summed E-state index contributed by atoms with van der Waals surface area (Å²) in [7, 11) is 0. The van der Waals surface area contributed by atoms with Crippen molar-refractivity contribution in [1.29, 1.82) is 0 Å². The van der Waals surface area contributed by atoms with Crippen molar-refractivity contribution in [2.45, 2.75) is 6.04 Å². The van der Waals surface area contributed by atoms with Gasteiger partial charge in [-0.05, 0) is 47.6 Å². The van der Waals surface area contributed by atoms with Gasteiger partial charge in [0.25, 0.3) is 11.8 Å². The van der Waals surface area contributed by atoms with Gasteiger partial charge in [-0.3, -0.25) is 19.8 Å². The van der Waals surface area contributed by atoms with Crippen LogP contribution in [0.1, 0.15) is 37.9 Å². The molecule has 0 bridgehead atoms. The second kappa shape index (κ2) is 12.5. The van der Waals surface area contributed by atoms with E-state index in [0.717, 1.165) is 13.1 Å². The van der Waals surface area contributed by atoms with Crippen LogP contribution in [0, 0.1) is 0 Å². The highest BCUT2D eigenvalue weighted by Gasteiger charge is 2.29. The second-order valence-corrected chi connectivity index (χ2v) is 9.78. The number of carbonyl (C=O) groups excluding carboxylic acids is 2. The van der Waals surface area contributed by atoms with E-state index >= 15 is 0 Å². The van der Waals surface area contributed by atoms with E-state index in [0.29, 0.717) is 29.9 Å². The molecule has 1 saturated heterocycles. The van der Waals surface area contributed by atoms with Crippen LogP contribution >= 0.6 is 12.2 Å². The molecule has 196 valence electrons. The lowest BCUT2D eigenvalue weighted by atomic mass is 9.96. The number of piperazine rings is 1. The molecule has 6 nitrogen and oxygen atoms in total. The first kappa shape index (κ1) is 26.3.